The molecule has 0 fully saturated rings. The van der Waals surface area contributed by atoms with Crippen LogP contribution in [0.4, 0.5) is 11.4 Å². The minimum absolute atomic E-state index is 0.0905. The zero-order chi connectivity index (χ0) is 17.1. The number of hydrogen-bond donors (Lipinski definition) is 1. The van der Waals surface area contributed by atoms with E-state index in [1.807, 2.05) is 11.8 Å². The third-order valence-corrected chi connectivity index (χ3v) is 4.06. The number of ether oxygens (including phenoxy) is 1. The molecule has 1 aromatic heterocycles. The van der Waals surface area contributed by atoms with Gasteiger partial charge in [-0.2, -0.15) is 0 Å². The molecular formula is C17H18ClN3O3. The van der Waals surface area contributed by atoms with Crippen molar-refractivity contribution in [1.82, 2.24) is 4.57 Å². The van der Waals surface area contributed by atoms with Crippen molar-refractivity contribution in [2.24, 2.45) is 0 Å². The molecule has 0 spiro atoms. The van der Waals surface area contributed by atoms with E-state index >= 15 is 0 Å². The lowest BCUT2D eigenvalue weighted by Crippen LogP contribution is -2.39. The van der Waals surface area contributed by atoms with Crippen molar-refractivity contribution in [1.29, 1.82) is 0 Å². The molecule has 0 saturated carbocycles. The first-order valence-electron chi connectivity index (χ1n) is 7.74. The summed E-state index contributed by atoms with van der Waals surface area (Å²) in [5, 5.41) is 3.42. The normalized spacial score (nSPS) is 13.2. The van der Waals surface area contributed by atoms with E-state index in [2.05, 4.69) is 5.32 Å². The van der Waals surface area contributed by atoms with Gasteiger partial charge in [0.2, 0.25) is 5.91 Å². The molecular weight excluding hydrogens is 330 g/mol. The number of amides is 1. The third-order valence-electron chi connectivity index (χ3n) is 3.82. The molecule has 0 aliphatic carbocycles. The van der Waals surface area contributed by atoms with E-state index in [0.717, 1.165) is 11.4 Å². The first-order chi connectivity index (χ1) is 11.6. The molecule has 1 N–H and O–H groups in total. The molecule has 0 bridgehead atoms. The van der Waals surface area contributed by atoms with Gasteiger partial charge in [0, 0.05) is 23.8 Å². The summed E-state index contributed by atoms with van der Waals surface area (Å²) in [6, 6.07) is 8.41. The number of anilines is 2. The maximum atomic E-state index is 12.3. The number of aromatic nitrogens is 1. The number of nitrogens with one attached hydrogen (secondary N) is 1. The van der Waals surface area contributed by atoms with E-state index < -0.39 is 0 Å². The van der Waals surface area contributed by atoms with Crippen LogP contribution >= 0.6 is 11.6 Å². The zero-order valence-electron chi connectivity index (χ0n) is 13.3. The molecule has 0 radical (unpaired) electrons. The first kappa shape index (κ1) is 16.4. The molecule has 0 unspecified atom stereocenters. The van der Waals surface area contributed by atoms with Gasteiger partial charge in [-0.1, -0.05) is 11.6 Å². The lowest BCUT2D eigenvalue weighted by molar-refractivity contribution is -0.115. The largest absolute Gasteiger partial charge is 0.490 e. The maximum Gasteiger partial charge on any atom is 0.250 e. The van der Waals surface area contributed by atoms with Crippen LogP contribution in [0.5, 0.6) is 5.75 Å². The number of halogens is 1. The maximum absolute atomic E-state index is 12.3. The molecule has 1 aromatic carbocycles. The second kappa shape index (κ2) is 6.97. The van der Waals surface area contributed by atoms with E-state index in [-0.39, 0.29) is 18.0 Å². The van der Waals surface area contributed by atoms with Gasteiger partial charge in [-0.15, -0.1) is 0 Å². The molecule has 126 valence electrons. The van der Waals surface area contributed by atoms with Gasteiger partial charge in [0.25, 0.3) is 5.56 Å². The Morgan fingerprint density at radius 1 is 1.33 bits per heavy atom. The average Bonchev–Trinajstić information content (AvgIpc) is 2.57. The molecule has 1 amide bonds. The van der Waals surface area contributed by atoms with Crippen molar-refractivity contribution >= 4 is 28.9 Å². The zero-order valence-corrected chi connectivity index (χ0v) is 14.0. The lowest BCUT2D eigenvalue weighted by Gasteiger charge is -2.30. The minimum atomic E-state index is -0.163. The Kier molecular flexibility index (Phi) is 4.76. The van der Waals surface area contributed by atoms with Crippen molar-refractivity contribution < 1.29 is 9.53 Å². The van der Waals surface area contributed by atoms with Crippen molar-refractivity contribution in [3.63, 3.8) is 0 Å². The Morgan fingerprint density at radius 2 is 2.17 bits per heavy atom. The predicted octanol–water partition coefficient (Wildman–Crippen LogP) is 2.36. The van der Waals surface area contributed by atoms with E-state index in [0.29, 0.717) is 30.4 Å². The van der Waals surface area contributed by atoms with E-state index in [1.54, 1.807) is 35.0 Å². The SMILES string of the molecule is CCn1cc(NC(=O)CN2CCOc3ccc(Cl)cc32)ccc1=O. The number of fused-ring (bicyclic) bond motifs is 1. The molecule has 1 aliphatic heterocycles. The van der Waals surface area contributed by atoms with Crippen LogP contribution in [-0.2, 0) is 11.3 Å². The highest BCUT2D eigenvalue weighted by Gasteiger charge is 2.20. The summed E-state index contributed by atoms with van der Waals surface area (Å²) < 4.78 is 7.12. The predicted molar refractivity (Wildman–Crippen MR) is 94.2 cm³/mol. The van der Waals surface area contributed by atoms with Crippen LogP contribution < -0.4 is 20.5 Å². The summed E-state index contributed by atoms with van der Waals surface area (Å²) in [7, 11) is 0. The van der Waals surface area contributed by atoms with E-state index in [1.165, 1.54) is 6.07 Å². The van der Waals surface area contributed by atoms with Crippen molar-refractivity contribution in [2.75, 3.05) is 29.9 Å². The van der Waals surface area contributed by atoms with Gasteiger partial charge in [-0.25, -0.2) is 0 Å². The molecule has 7 heteroatoms. The van der Waals surface area contributed by atoms with Gasteiger partial charge < -0.3 is 19.5 Å². The molecule has 3 rings (SSSR count). The monoisotopic (exact) mass is 347 g/mol. The van der Waals surface area contributed by atoms with Crippen molar-refractivity contribution in [3.8, 4) is 5.75 Å². The van der Waals surface area contributed by atoms with Crippen molar-refractivity contribution in [3.05, 3.63) is 51.9 Å². The molecule has 0 saturated heterocycles. The quantitative estimate of drug-likeness (QED) is 0.922. The fraction of sp³-hybridized carbons (Fsp3) is 0.294. The average molecular weight is 348 g/mol. The third kappa shape index (κ3) is 3.54. The topological polar surface area (TPSA) is 63.6 Å². The molecule has 24 heavy (non-hydrogen) atoms. The number of carbonyl (C=O) groups excluding carboxylic acids is 1. The number of aryl methyl sites for hydroxylation is 1. The summed E-state index contributed by atoms with van der Waals surface area (Å²) in [6.07, 6.45) is 1.64. The Labute approximate surface area is 144 Å². The summed E-state index contributed by atoms with van der Waals surface area (Å²) in [6.45, 7) is 3.74. The minimum Gasteiger partial charge on any atom is -0.490 e. The molecule has 2 aromatic rings. The highest BCUT2D eigenvalue weighted by molar-refractivity contribution is 6.31. The number of benzene rings is 1. The summed E-state index contributed by atoms with van der Waals surface area (Å²) in [5.74, 6) is 0.558. The number of carbonyl (C=O) groups is 1. The van der Waals surface area contributed by atoms with Gasteiger partial charge in [0.05, 0.1) is 24.5 Å². The van der Waals surface area contributed by atoms with Gasteiger partial charge in [0.1, 0.15) is 12.4 Å². The van der Waals surface area contributed by atoms with E-state index in [9.17, 15) is 9.59 Å². The number of hydrogen-bond acceptors (Lipinski definition) is 4. The Morgan fingerprint density at radius 3 is 2.96 bits per heavy atom. The molecule has 6 nitrogen and oxygen atoms in total. The second-order valence-electron chi connectivity index (χ2n) is 5.47. The highest BCUT2D eigenvalue weighted by atomic mass is 35.5. The van der Waals surface area contributed by atoms with E-state index in [4.69, 9.17) is 16.3 Å². The summed E-state index contributed by atoms with van der Waals surface area (Å²) in [4.78, 5) is 25.9. The standard InChI is InChI=1S/C17H18ClN3O3/c1-2-20-10-13(4-6-17(20)23)19-16(22)11-21-7-8-24-15-5-3-12(18)9-14(15)21/h3-6,9-10H,2,7-8,11H2,1H3,(H,19,22). The van der Waals surface area contributed by atoms with Crippen LogP contribution in [0.25, 0.3) is 0 Å². The van der Waals surface area contributed by atoms with Gasteiger partial charge in [-0.05, 0) is 31.2 Å². The fourth-order valence-corrected chi connectivity index (χ4v) is 2.80. The van der Waals surface area contributed by atoms with Gasteiger partial charge >= 0.3 is 0 Å². The molecule has 0 atom stereocenters. The van der Waals surface area contributed by atoms with Crippen LogP contribution in [0.15, 0.2) is 41.3 Å². The van der Waals surface area contributed by atoms with Crippen LogP contribution in [0.3, 0.4) is 0 Å². The molecule has 2 heterocycles. The Balaban J connectivity index is 1.72. The number of rotatable bonds is 4. The highest BCUT2D eigenvalue weighted by Crippen LogP contribution is 2.33. The number of nitrogens with zero attached hydrogens (tertiary/aromatic N) is 2. The van der Waals surface area contributed by atoms with Crippen molar-refractivity contribution in [2.45, 2.75) is 13.5 Å². The lowest BCUT2D eigenvalue weighted by atomic mass is 10.2. The smallest absolute Gasteiger partial charge is 0.250 e. The van der Waals surface area contributed by atoms with Crippen LogP contribution in [0.1, 0.15) is 6.92 Å². The Hall–Kier alpha value is -2.47. The molecule has 1 aliphatic rings. The van der Waals surface area contributed by atoms with Gasteiger partial charge in [0.15, 0.2) is 0 Å². The first-order valence-corrected chi connectivity index (χ1v) is 8.12. The Bertz CT molecular complexity index is 819. The summed E-state index contributed by atoms with van der Waals surface area (Å²) >= 11 is 6.04. The summed E-state index contributed by atoms with van der Waals surface area (Å²) in [5.41, 5.74) is 1.32. The van der Waals surface area contributed by atoms with Crippen LogP contribution in [-0.4, -0.2) is 30.2 Å². The van der Waals surface area contributed by atoms with Crippen LogP contribution in [0.2, 0.25) is 5.02 Å². The number of pyridine rings is 1. The second-order valence-corrected chi connectivity index (χ2v) is 5.91. The van der Waals surface area contributed by atoms with Gasteiger partial charge in [-0.3, -0.25) is 9.59 Å². The van der Waals surface area contributed by atoms with Crippen LogP contribution in [0, 0.1) is 0 Å². The fourth-order valence-electron chi connectivity index (χ4n) is 2.64.